The number of hydrogen-bond donors (Lipinski definition) is 1. The van der Waals surface area contributed by atoms with Crippen molar-refractivity contribution in [3.63, 3.8) is 0 Å². The van der Waals surface area contributed by atoms with Gasteiger partial charge in [-0.15, -0.1) is 0 Å². The highest BCUT2D eigenvalue weighted by Gasteiger charge is 2.42. The summed E-state index contributed by atoms with van der Waals surface area (Å²) in [7, 11) is 0. The van der Waals surface area contributed by atoms with Gasteiger partial charge in [0.05, 0.1) is 12.0 Å². The van der Waals surface area contributed by atoms with Crippen molar-refractivity contribution in [2.45, 2.75) is 45.4 Å². The summed E-state index contributed by atoms with van der Waals surface area (Å²) in [6, 6.07) is 0. The van der Waals surface area contributed by atoms with Crippen LogP contribution in [0.4, 0.5) is 4.79 Å². The second-order valence-electron chi connectivity index (χ2n) is 6.39. The van der Waals surface area contributed by atoms with Crippen LogP contribution in [0.15, 0.2) is 0 Å². The molecule has 1 aliphatic heterocycles. The fourth-order valence-corrected chi connectivity index (χ4v) is 3.45. The van der Waals surface area contributed by atoms with Crippen molar-refractivity contribution in [3.05, 3.63) is 0 Å². The number of hydrogen-bond acceptors (Lipinski definition) is 4. The van der Waals surface area contributed by atoms with Crippen LogP contribution in [-0.2, 0) is 14.3 Å². The molecule has 2 rings (SSSR count). The maximum atomic E-state index is 12.5. The van der Waals surface area contributed by atoms with Crippen molar-refractivity contribution >= 4 is 18.0 Å². The van der Waals surface area contributed by atoms with E-state index in [2.05, 4.69) is 0 Å². The molecule has 0 bridgehead atoms. The maximum absolute atomic E-state index is 12.5. The lowest BCUT2D eigenvalue weighted by molar-refractivity contribution is -0.156. The van der Waals surface area contributed by atoms with Gasteiger partial charge in [-0.2, -0.15) is 0 Å². The second kappa shape index (κ2) is 7.66. The molecule has 130 valence electrons. The van der Waals surface area contributed by atoms with E-state index >= 15 is 0 Å². The largest absolute Gasteiger partial charge is 0.481 e. The van der Waals surface area contributed by atoms with E-state index in [9.17, 15) is 19.5 Å². The highest BCUT2D eigenvalue weighted by Crippen LogP contribution is 2.40. The molecule has 2 fully saturated rings. The minimum atomic E-state index is -0.895. The molecule has 7 nitrogen and oxygen atoms in total. The van der Waals surface area contributed by atoms with Crippen LogP contribution in [-0.4, -0.2) is 65.7 Å². The number of ether oxygens (including phenoxy) is 1. The molecule has 0 unspecified atom stereocenters. The molecule has 0 atom stereocenters. The first-order valence-electron chi connectivity index (χ1n) is 8.41. The smallest absolute Gasteiger partial charge is 0.409 e. The Morgan fingerprint density at radius 2 is 1.57 bits per heavy atom. The van der Waals surface area contributed by atoms with Crippen molar-refractivity contribution in [2.75, 3.05) is 32.8 Å². The topological polar surface area (TPSA) is 87.2 Å². The van der Waals surface area contributed by atoms with E-state index in [0.717, 1.165) is 19.3 Å². The minimum Gasteiger partial charge on any atom is -0.481 e. The first-order valence-corrected chi connectivity index (χ1v) is 8.41. The molecule has 0 spiro atoms. The van der Waals surface area contributed by atoms with Gasteiger partial charge in [0.15, 0.2) is 0 Å². The molecule has 1 saturated heterocycles. The number of carboxylic acids is 1. The van der Waals surface area contributed by atoms with Crippen LogP contribution < -0.4 is 0 Å². The fourth-order valence-electron chi connectivity index (χ4n) is 3.45. The standard InChI is InChI=1S/C16H26N2O5/c1-2-23-15(22)18-10-8-17(9-11-18)13(19)12-16(14(20)21)6-4-3-5-7-16/h2-12H2,1H3,(H,20,21). The fraction of sp³-hybridized carbons (Fsp3) is 0.812. The number of aliphatic carboxylic acids is 1. The summed E-state index contributed by atoms with van der Waals surface area (Å²) in [5.74, 6) is -0.964. The van der Waals surface area contributed by atoms with E-state index in [1.165, 1.54) is 0 Å². The third-order valence-corrected chi connectivity index (χ3v) is 4.91. The van der Waals surface area contributed by atoms with E-state index in [-0.39, 0.29) is 18.4 Å². The van der Waals surface area contributed by atoms with Crippen LogP contribution in [0.5, 0.6) is 0 Å². The number of carboxylic acid groups (broad SMARTS) is 1. The molecular formula is C16H26N2O5. The third-order valence-electron chi connectivity index (χ3n) is 4.91. The number of carbonyl (C=O) groups excluding carboxylic acids is 2. The Labute approximate surface area is 136 Å². The molecule has 2 amide bonds. The third kappa shape index (κ3) is 4.14. The molecule has 7 heteroatoms. The Hall–Kier alpha value is -1.79. The maximum Gasteiger partial charge on any atom is 0.409 e. The predicted molar refractivity (Wildman–Crippen MR) is 82.9 cm³/mol. The van der Waals surface area contributed by atoms with Gasteiger partial charge in [0, 0.05) is 32.6 Å². The van der Waals surface area contributed by atoms with Gasteiger partial charge in [0.1, 0.15) is 0 Å². The molecule has 1 heterocycles. The Bertz CT molecular complexity index is 451. The van der Waals surface area contributed by atoms with Crippen molar-refractivity contribution in [1.82, 2.24) is 9.80 Å². The first kappa shape index (κ1) is 17.6. The van der Waals surface area contributed by atoms with Gasteiger partial charge in [0.2, 0.25) is 5.91 Å². The van der Waals surface area contributed by atoms with Gasteiger partial charge in [-0.1, -0.05) is 19.3 Å². The number of carbonyl (C=O) groups is 3. The Balaban J connectivity index is 1.89. The molecule has 0 aromatic carbocycles. The Morgan fingerprint density at radius 1 is 1.00 bits per heavy atom. The van der Waals surface area contributed by atoms with E-state index in [1.807, 2.05) is 0 Å². The summed E-state index contributed by atoms with van der Waals surface area (Å²) in [4.78, 5) is 39.1. The first-order chi connectivity index (χ1) is 11.0. The predicted octanol–water partition coefficient (Wildman–Crippen LogP) is 1.71. The van der Waals surface area contributed by atoms with Crippen LogP contribution in [0.1, 0.15) is 45.4 Å². The summed E-state index contributed by atoms with van der Waals surface area (Å²) in [5.41, 5.74) is -0.895. The van der Waals surface area contributed by atoms with Crippen LogP contribution in [0.2, 0.25) is 0 Å². The molecule has 1 N–H and O–H groups in total. The van der Waals surface area contributed by atoms with Crippen LogP contribution in [0, 0.1) is 5.41 Å². The zero-order chi connectivity index (χ0) is 16.9. The molecule has 0 aromatic heterocycles. The summed E-state index contributed by atoms with van der Waals surface area (Å²) < 4.78 is 4.95. The van der Waals surface area contributed by atoms with Gasteiger partial charge in [-0.25, -0.2) is 4.79 Å². The average molecular weight is 326 g/mol. The highest BCUT2D eigenvalue weighted by atomic mass is 16.6. The minimum absolute atomic E-state index is 0.0712. The molecular weight excluding hydrogens is 300 g/mol. The molecule has 0 aromatic rings. The average Bonchev–Trinajstić information content (AvgIpc) is 2.56. The lowest BCUT2D eigenvalue weighted by Crippen LogP contribution is -2.52. The van der Waals surface area contributed by atoms with Crippen LogP contribution >= 0.6 is 0 Å². The summed E-state index contributed by atoms with van der Waals surface area (Å²) in [6.07, 6.45) is 3.66. The van der Waals surface area contributed by atoms with Crippen LogP contribution in [0.25, 0.3) is 0 Å². The normalized spacial score (nSPS) is 20.9. The number of nitrogens with zero attached hydrogens (tertiary/aromatic N) is 2. The summed E-state index contributed by atoms with van der Waals surface area (Å²) in [5, 5.41) is 9.57. The van der Waals surface area contributed by atoms with E-state index in [1.54, 1.807) is 16.7 Å². The molecule has 23 heavy (non-hydrogen) atoms. The van der Waals surface area contributed by atoms with Crippen LogP contribution in [0.3, 0.4) is 0 Å². The molecule has 1 aliphatic carbocycles. The van der Waals surface area contributed by atoms with Crippen molar-refractivity contribution in [2.24, 2.45) is 5.41 Å². The summed E-state index contributed by atoms with van der Waals surface area (Å²) >= 11 is 0. The molecule has 2 aliphatic rings. The van der Waals surface area contributed by atoms with E-state index < -0.39 is 11.4 Å². The molecule has 1 saturated carbocycles. The van der Waals surface area contributed by atoms with Gasteiger partial charge < -0.3 is 19.6 Å². The van der Waals surface area contributed by atoms with E-state index in [0.29, 0.717) is 45.6 Å². The highest BCUT2D eigenvalue weighted by molar-refractivity contribution is 5.85. The van der Waals surface area contributed by atoms with Crippen molar-refractivity contribution in [1.29, 1.82) is 0 Å². The van der Waals surface area contributed by atoms with Gasteiger partial charge in [-0.05, 0) is 19.8 Å². The molecule has 0 radical (unpaired) electrons. The number of piperazine rings is 1. The number of amides is 2. The summed E-state index contributed by atoms with van der Waals surface area (Å²) in [6.45, 7) is 3.84. The lowest BCUT2D eigenvalue weighted by atomic mass is 9.71. The number of rotatable bonds is 4. The quantitative estimate of drug-likeness (QED) is 0.850. The monoisotopic (exact) mass is 326 g/mol. The zero-order valence-corrected chi connectivity index (χ0v) is 13.8. The van der Waals surface area contributed by atoms with E-state index in [4.69, 9.17) is 4.74 Å². The van der Waals surface area contributed by atoms with Crippen molar-refractivity contribution in [3.8, 4) is 0 Å². The van der Waals surface area contributed by atoms with Gasteiger partial charge in [0.25, 0.3) is 0 Å². The second-order valence-corrected chi connectivity index (χ2v) is 6.39. The van der Waals surface area contributed by atoms with Crippen molar-refractivity contribution < 1.29 is 24.2 Å². The zero-order valence-electron chi connectivity index (χ0n) is 13.8. The van der Waals surface area contributed by atoms with Gasteiger partial charge >= 0.3 is 12.1 Å². The van der Waals surface area contributed by atoms with Gasteiger partial charge in [-0.3, -0.25) is 9.59 Å². The lowest BCUT2D eigenvalue weighted by Gasteiger charge is -2.37. The SMILES string of the molecule is CCOC(=O)N1CCN(C(=O)CC2(C(=O)O)CCCCC2)CC1. The Kier molecular flexibility index (Phi) is 5.85. The Morgan fingerprint density at radius 3 is 2.09 bits per heavy atom.